The Labute approximate surface area is 178 Å². The maximum Gasteiger partial charge on any atom is 0.367 e. The van der Waals surface area contributed by atoms with Crippen LogP contribution in [0.5, 0.6) is 11.5 Å². The Morgan fingerprint density at radius 3 is 2.10 bits per heavy atom. The number of benzene rings is 3. The van der Waals surface area contributed by atoms with Crippen LogP contribution in [-0.2, 0) is 13.6 Å². The highest BCUT2D eigenvalue weighted by atomic mass is 31.2. The lowest BCUT2D eigenvalue weighted by Gasteiger charge is -2.20. The fraction of sp³-hybridized carbons (Fsp3) is 0.333. The number of rotatable bonds is 9. The molecule has 0 unspecified atom stereocenters. The van der Waals surface area contributed by atoms with Crippen LogP contribution < -0.4 is 9.47 Å². The van der Waals surface area contributed by atoms with Gasteiger partial charge in [0.2, 0.25) is 0 Å². The Balaban J connectivity index is 2.01. The standard InChI is InChI=1S/C24H29O5P/c1-6-28-30(25,29-7-2)16-27-20-14-17(3)23(18(4)15-20)24-21-11-9-8-10-19(21)12-13-22(24)26-5/h8-15H,6-7,16H2,1-5H3. The van der Waals surface area contributed by atoms with Crippen LogP contribution in [-0.4, -0.2) is 26.7 Å². The van der Waals surface area contributed by atoms with Gasteiger partial charge in [-0.1, -0.05) is 30.3 Å². The summed E-state index contributed by atoms with van der Waals surface area (Å²) in [5.41, 5.74) is 4.25. The van der Waals surface area contributed by atoms with Gasteiger partial charge in [0.15, 0.2) is 6.35 Å². The third-order valence-corrected chi connectivity index (χ3v) is 6.66. The second kappa shape index (κ2) is 9.65. The topological polar surface area (TPSA) is 54.0 Å². The molecule has 0 aliphatic rings. The van der Waals surface area contributed by atoms with Gasteiger partial charge in [-0.15, -0.1) is 0 Å². The van der Waals surface area contributed by atoms with Crippen molar-refractivity contribution in [1.82, 2.24) is 0 Å². The maximum atomic E-state index is 12.7. The van der Waals surface area contributed by atoms with Crippen LogP contribution >= 0.6 is 7.60 Å². The van der Waals surface area contributed by atoms with E-state index in [0.29, 0.717) is 19.0 Å². The molecule has 0 fully saturated rings. The summed E-state index contributed by atoms with van der Waals surface area (Å²) in [6.45, 7) is 8.26. The van der Waals surface area contributed by atoms with Crippen molar-refractivity contribution in [2.75, 3.05) is 26.7 Å². The van der Waals surface area contributed by atoms with Crippen LogP contribution in [0.25, 0.3) is 21.9 Å². The molecule has 0 aromatic heterocycles. The van der Waals surface area contributed by atoms with E-state index in [2.05, 4.69) is 18.2 Å². The SMILES string of the molecule is CCOP(=O)(COc1cc(C)c(-c2c(OC)ccc3ccccc23)c(C)c1)OCC. The van der Waals surface area contributed by atoms with Crippen molar-refractivity contribution in [3.8, 4) is 22.6 Å². The Hall–Kier alpha value is -2.33. The molecule has 30 heavy (non-hydrogen) atoms. The van der Waals surface area contributed by atoms with E-state index in [1.54, 1.807) is 21.0 Å². The van der Waals surface area contributed by atoms with Gasteiger partial charge >= 0.3 is 7.60 Å². The first-order valence-electron chi connectivity index (χ1n) is 10.1. The van der Waals surface area contributed by atoms with E-state index in [1.165, 1.54) is 0 Å². The third kappa shape index (κ3) is 4.70. The number of fused-ring (bicyclic) bond motifs is 1. The predicted octanol–water partition coefficient (Wildman–Crippen LogP) is 6.73. The molecule has 5 nitrogen and oxygen atoms in total. The predicted molar refractivity (Wildman–Crippen MR) is 122 cm³/mol. The van der Waals surface area contributed by atoms with Gasteiger partial charge in [0.25, 0.3) is 0 Å². The van der Waals surface area contributed by atoms with Crippen molar-refractivity contribution in [2.24, 2.45) is 0 Å². The van der Waals surface area contributed by atoms with E-state index in [4.69, 9.17) is 18.5 Å². The van der Waals surface area contributed by atoms with Crippen molar-refractivity contribution >= 4 is 18.4 Å². The molecular weight excluding hydrogens is 399 g/mol. The second-order valence-corrected chi connectivity index (χ2v) is 9.01. The number of ether oxygens (including phenoxy) is 2. The van der Waals surface area contributed by atoms with Crippen molar-refractivity contribution in [3.63, 3.8) is 0 Å². The van der Waals surface area contributed by atoms with Gasteiger partial charge in [-0.25, -0.2) is 0 Å². The summed E-state index contributed by atoms with van der Waals surface area (Å²) in [4.78, 5) is 0. The number of methoxy groups -OCH3 is 1. The van der Waals surface area contributed by atoms with E-state index in [-0.39, 0.29) is 6.35 Å². The van der Waals surface area contributed by atoms with E-state index in [0.717, 1.165) is 38.8 Å². The van der Waals surface area contributed by atoms with Crippen LogP contribution in [0, 0.1) is 13.8 Å². The summed E-state index contributed by atoms with van der Waals surface area (Å²) < 4.78 is 34.8. The van der Waals surface area contributed by atoms with Gasteiger partial charge in [-0.05, 0) is 73.4 Å². The molecule has 0 saturated heterocycles. The molecule has 3 rings (SSSR count). The molecule has 0 radical (unpaired) electrons. The van der Waals surface area contributed by atoms with Crippen molar-refractivity contribution in [1.29, 1.82) is 0 Å². The molecule has 0 N–H and O–H groups in total. The molecule has 6 heteroatoms. The van der Waals surface area contributed by atoms with Crippen molar-refractivity contribution in [2.45, 2.75) is 27.7 Å². The molecule has 0 aliphatic carbocycles. The van der Waals surface area contributed by atoms with Gasteiger partial charge < -0.3 is 18.5 Å². The molecule has 3 aromatic rings. The summed E-state index contributed by atoms with van der Waals surface area (Å²) >= 11 is 0. The lowest BCUT2D eigenvalue weighted by atomic mass is 9.91. The highest BCUT2D eigenvalue weighted by Gasteiger charge is 2.25. The van der Waals surface area contributed by atoms with Gasteiger partial charge in [0.1, 0.15) is 11.5 Å². The zero-order chi connectivity index (χ0) is 21.7. The monoisotopic (exact) mass is 428 g/mol. The van der Waals surface area contributed by atoms with Crippen LogP contribution in [0.3, 0.4) is 0 Å². The zero-order valence-electron chi connectivity index (χ0n) is 18.2. The Bertz CT molecular complexity index is 1040. The normalized spacial score (nSPS) is 11.6. The molecule has 160 valence electrons. The molecule has 0 spiro atoms. The van der Waals surface area contributed by atoms with Gasteiger partial charge in [-0.3, -0.25) is 4.57 Å². The molecule has 0 amide bonds. The Morgan fingerprint density at radius 1 is 0.867 bits per heavy atom. The Kier molecular flexibility index (Phi) is 7.19. The van der Waals surface area contributed by atoms with Crippen molar-refractivity contribution < 1.29 is 23.1 Å². The minimum Gasteiger partial charge on any atom is -0.496 e. The van der Waals surface area contributed by atoms with Gasteiger partial charge in [0, 0.05) is 5.56 Å². The van der Waals surface area contributed by atoms with Gasteiger partial charge in [0.05, 0.1) is 20.3 Å². The average Bonchev–Trinajstić information content (AvgIpc) is 2.72. The third-order valence-electron chi connectivity index (χ3n) is 4.91. The van der Waals surface area contributed by atoms with Crippen LogP contribution in [0.2, 0.25) is 0 Å². The number of aryl methyl sites for hydroxylation is 2. The van der Waals surface area contributed by atoms with Gasteiger partial charge in [-0.2, -0.15) is 0 Å². The minimum absolute atomic E-state index is 0.121. The first-order chi connectivity index (χ1) is 14.4. The van der Waals surface area contributed by atoms with E-state index in [9.17, 15) is 4.57 Å². The fourth-order valence-electron chi connectivity index (χ4n) is 3.74. The van der Waals surface area contributed by atoms with Crippen LogP contribution in [0.15, 0.2) is 48.5 Å². The van der Waals surface area contributed by atoms with E-state index < -0.39 is 7.60 Å². The maximum absolute atomic E-state index is 12.7. The first kappa shape index (κ1) is 22.4. The van der Waals surface area contributed by atoms with Crippen LogP contribution in [0.4, 0.5) is 0 Å². The van der Waals surface area contributed by atoms with E-state index in [1.807, 2.05) is 44.2 Å². The molecule has 0 atom stereocenters. The quantitative estimate of drug-likeness (QED) is 0.354. The minimum atomic E-state index is -3.27. The van der Waals surface area contributed by atoms with Crippen LogP contribution in [0.1, 0.15) is 25.0 Å². The molecule has 0 aliphatic heterocycles. The molecule has 0 saturated carbocycles. The Morgan fingerprint density at radius 2 is 1.50 bits per heavy atom. The number of hydrogen-bond acceptors (Lipinski definition) is 5. The first-order valence-corrected chi connectivity index (χ1v) is 11.8. The second-order valence-electron chi connectivity index (χ2n) is 7.02. The zero-order valence-corrected chi connectivity index (χ0v) is 19.1. The summed E-state index contributed by atoms with van der Waals surface area (Å²) in [7, 11) is -1.58. The molecular formula is C24H29O5P. The highest BCUT2D eigenvalue weighted by molar-refractivity contribution is 7.53. The summed E-state index contributed by atoms with van der Waals surface area (Å²) in [6.07, 6.45) is -0.121. The summed E-state index contributed by atoms with van der Waals surface area (Å²) in [5.74, 6) is 1.46. The average molecular weight is 428 g/mol. The largest absolute Gasteiger partial charge is 0.496 e. The lowest BCUT2D eigenvalue weighted by Crippen LogP contribution is -2.06. The molecule has 3 aromatic carbocycles. The van der Waals surface area contributed by atoms with E-state index >= 15 is 0 Å². The molecule has 0 heterocycles. The summed E-state index contributed by atoms with van der Waals surface area (Å²) in [5, 5.41) is 2.29. The van der Waals surface area contributed by atoms with Crippen molar-refractivity contribution in [3.05, 3.63) is 59.7 Å². The lowest BCUT2D eigenvalue weighted by molar-refractivity contribution is 0.197. The highest BCUT2D eigenvalue weighted by Crippen LogP contribution is 2.48. The smallest absolute Gasteiger partial charge is 0.367 e. The summed E-state index contributed by atoms with van der Waals surface area (Å²) in [6, 6.07) is 16.2. The number of hydrogen-bond donors (Lipinski definition) is 0. The fourth-order valence-corrected chi connectivity index (χ4v) is 5.06. The molecule has 0 bridgehead atoms.